The van der Waals surface area contributed by atoms with Crippen LogP contribution in [-0.4, -0.2) is 46.9 Å². The molecule has 1 aromatic carbocycles. The molecule has 7 heteroatoms. The lowest BCUT2D eigenvalue weighted by Gasteiger charge is -2.57. The van der Waals surface area contributed by atoms with Gasteiger partial charge in [0.15, 0.2) is 5.78 Å². The average molecular weight is 401 g/mol. The van der Waals surface area contributed by atoms with Crippen LogP contribution in [0.25, 0.3) is 0 Å². The standard InChI is InChI=1S/C22H22F3N3O/c23-22(24,25)17-5-1-3-15(11-17)20(29)21-18(16-4-2-8-26-12-16)13-27-19(21)14-6-9-28(21)10-7-14/h1-5,8,11-12,14,18-19,27H,6-7,9-10,13H2. The topological polar surface area (TPSA) is 45.2 Å². The van der Waals surface area contributed by atoms with Gasteiger partial charge in [-0.2, -0.15) is 13.2 Å². The summed E-state index contributed by atoms with van der Waals surface area (Å²) in [6.45, 7) is 2.21. The Labute approximate surface area is 167 Å². The molecule has 3 atom stereocenters. The van der Waals surface area contributed by atoms with Crippen molar-refractivity contribution < 1.29 is 18.0 Å². The predicted molar refractivity (Wildman–Crippen MR) is 102 cm³/mol. The van der Waals surface area contributed by atoms with Crippen molar-refractivity contribution in [2.75, 3.05) is 19.6 Å². The number of carbonyl (C=O) groups is 1. The number of aromatic nitrogens is 1. The Morgan fingerprint density at radius 3 is 2.66 bits per heavy atom. The SMILES string of the molecule is O=C(c1cccc(C(F)(F)F)c1)C12C(c3cccnc3)CNC1C1CCN2CC1. The Bertz CT molecular complexity index is 924. The van der Waals surface area contributed by atoms with Crippen LogP contribution >= 0.6 is 0 Å². The largest absolute Gasteiger partial charge is 0.416 e. The van der Waals surface area contributed by atoms with Crippen molar-refractivity contribution in [3.05, 3.63) is 65.5 Å². The second kappa shape index (κ2) is 6.64. The van der Waals surface area contributed by atoms with Crippen molar-refractivity contribution >= 4 is 5.78 Å². The number of pyridine rings is 1. The van der Waals surface area contributed by atoms with Gasteiger partial charge in [0.2, 0.25) is 0 Å². The van der Waals surface area contributed by atoms with Gasteiger partial charge in [-0.1, -0.05) is 18.2 Å². The number of benzene rings is 1. The molecule has 0 radical (unpaired) electrons. The summed E-state index contributed by atoms with van der Waals surface area (Å²) >= 11 is 0. The van der Waals surface area contributed by atoms with Crippen LogP contribution in [-0.2, 0) is 6.18 Å². The first-order chi connectivity index (χ1) is 13.9. The van der Waals surface area contributed by atoms with E-state index in [0.29, 0.717) is 12.5 Å². The number of ketones is 1. The van der Waals surface area contributed by atoms with Crippen LogP contribution in [0, 0.1) is 5.92 Å². The zero-order valence-corrected chi connectivity index (χ0v) is 15.8. The van der Waals surface area contributed by atoms with Gasteiger partial charge >= 0.3 is 6.18 Å². The molecule has 152 valence electrons. The normalized spacial score (nSPS) is 33.5. The average Bonchev–Trinajstić information content (AvgIpc) is 3.18. The van der Waals surface area contributed by atoms with E-state index in [1.165, 1.54) is 12.1 Å². The van der Waals surface area contributed by atoms with Gasteiger partial charge in [0, 0.05) is 36.5 Å². The first-order valence-corrected chi connectivity index (χ1v) is 10.0. The molecule has 0 aliphatic carbocycles. The molecule has 0 amide bonds. The summed E-state index contributed by atoms with van der Waals surface area (Å²) in [5.74, 6) is -0.000355. The molecule has 4 fully saturated rings. The summed E-state index contributed by atoms with van der Waals surface area (Å²) in [6.07, 6.45) is 1.01. The zero-order valence-electron chi connectivity index (χ0n) is 15.8. The highest BCUT2D eigenvalue weighted by Crippen LogP contribution is 2.51. The van der Waals surface area contributed by atoms with Gasteiger partial charge in [0.25, 0.3) is 0 Å². The predicted octanol–water partition coefficient (Wildman–Crippen LogP) is 3.50. The maximum Gasteiger partial charge on any atom is 0.416 e. The third-order valence-corrected chi connectivity index (χ3v) is 6.98. The number of carbonyl (C=O) groups excluding carboxylic acids is 1. The van der Waals surface area contributed by atoms with E-state index in [1.807, 2.05) is 12.1 Å². The van der Waals surface area contributed by atoms with Crippen molar-refractivity contribution in [2.45, 2.75) is 36.5 Å². The van der Waals surface area contributed by atoms with E-state index in [-0.39, 0.29) is 23.3 Å². The van der Waals surface area contributed by atoms with E-state index in [4.69, 9.17) is 0 Å². The van der Waals surface area contributed by atoms with Crippen molar-refractivity contribution in [3.63, 3.8) is 0 Å². The van der Waals surface area contributed by atoms with Gasteiger partial charge in [-0.25, -0.2) is 0 Å². The molecule has 2 aromatic rings. The summed E-state index contributed by atoms with van der Waals surface area (Å²) in [5, 5.41) is 3.56. The Morgan fingerprint density at radius 2 is 1.97 bits per heavy atom. The van der Waals surface area contributed by atoms with Gasteiger partial charge in [-0.15, -0.1) is 0 Å². The Hall–Kier alpha value is -2.25. The molecule has 4 saturated heterocycles. The minimum atomic E-state index is -4.48. The molecule has 5 heterocycles. The zero-order chi connectivity index (χ0) is 20.2. The van der Waals surface area contributed by atoms with E-state index in [9.17, 15) is 18.0 Å². The van der Waals surface area contributed by atoms with Gasteiger partial charge in [-0.05, 0) is 55.6 Å². The highest BCUT2D eigenvalue weighted by molar-refractivity contribution is 6.05. The molecule has 3 unspecified atom stereocenters. The number of piperidine rings is 3. The highest BCUT2D eigenvalue weighted by atomic mass is 19.4. The smallest absolute Gasteiger partial charge is 0.311 e. The van der Waals surface area contributed by atoms with Crippen molar-refractivity contribution in [1.82, 2.24) is 15.2 Å². The summed E-state index contributed by atoms with van der Waals surface area (Å²) < 4.78 is 39.9. The minimum Gasteiger partial charge on any atom is -0.311 e. The molecule has 0 spiro atoms. The summed E-state index contributed by atoms with van der Waals surface area (Å²) in [4.78, 5) is 20.4. The first-order valence-electron chi connectivity index (χ1n) is 10.0. The van der Waals surface area contributed by atoms with Gasteiger partial charge in [0.1, 0.15) is 5.54 Å². The number of rotatable bonds is 3. The first kappa shape index (κ1) is 18.8. The molecule has 1 aromatic heterocycles. The van der Waals surface area contributed by atoms with Crippen molar-refractivity contribution in [1.29, 1.82) is 0 Å². The molecule has 1 N–H and O–H groups in total. The van der Waals surface area contributed by atoms with Crippen molar-refractivity contribution in [3.8, 4) is 0 Å². The highest BCUT2D eigenvalue weighted by Gasteiger charge is 2.64. The van der Waals surface area contributed by atoms with Gasteiger partial charge in [0.05, 0.1) is 5.56 Å². The fourth-order valence-electron chi connectivity index (χ4n) is 5.78. The number of Topliss-reactive ketones (excluding diaryl/α,β-unsaturated/α-hetero) is 1. The summed E-state index contributed by atoms with van der Waals surface area (Å²) in [7, 11) is 0. The van der Waals surface area contributed by atoms with E-state index in [2.05, 4.69) is 15.2 Å². The fourth-order valence-corrected chi connectivity index (χ4v) is 5.78. The second-order valence-corrected chi connectivity index (χ2v) is 8.28. The molecule has 29 heavy (non-hydrogen) atoms. The molecule has 4 nitrogen and oxygen atoms in total. The molecule has 0 saturated carbocycles. The maximum absolute atomic E-state index is 14.0. The molecule has 6 rings (SSSR count). The van der Waals surface area contributed by atoms with Gasteiger partial charge in [-0.3, -0.25) is 14.7 Å². The minimum absolute atomic E-state index is 0.0581. The third kappa shape index (κ3) is 2.74. The molecule has 4 aliphatic heterocycles. The fraction of sp³-hybridized carbons (Fsp3) is 0.455. The third-order valence-electron chi connectivity index (χ3n) is 6.98. The van der Waals surface area contributed by atoms with E-state index in [0.717, 1.165) is 43.6 Å². The van der Waals surface area contributed by atoms with Crippen LogP contribution in [0.5, 0.6) is 0 Å². The summed E-state index contributed by atoms with van der Waals surface area (Å²) in [6, 6.07) is 8.64. The molecular formula is C22H22F3N3O. The second-order valence-electron chi connectivity index (χ2n) is 8.28. The monoisotopic (exact) mass is 401 g/mol. The lowest BCUT2D eigenvalue weighted by atomic mass is 9.63. The van der Waals surface area contributed by atoms with Crippen LogP contribution in [0.15, 0.2) is 48.8 Å². The van der Waals surface area contributed by atoms with E-state index in [1.54, 1.807) is 12.4 Å². The molecule has 4 aliphatic rings. The number of halogens is 3. The molecular weight excluding hydrogens is 379 g/mol. The number of nitrogens with one attached hydrogen (secondary N) is 1. The van der Waals surface area contributed by atoms with Crippen LogP contribution < -0.4 is 5.32 Å². The Balaban J connectivity index is 1.65. The van der Waals surface area contributed by atoms with Crippen molar-refractivity contribution in [2.24, 2.45) is 5.92 Å². The molecule has 2 bridgehead atoms. The Morgan fingerprint density at radius 1 is 1.17 bits per heavy atom. The van der Waals surface area contributed by atoms with Crippen LogP contribution in [0.3, 0.4) is 0 Å². The summed E-state index contributed by atoms with van der Waals surface area (Å²) in [5.41, 5.74) is -0.560. The van der Waals surface area contributed by atoms with Crippen LogP contribution in [0.1, 0.15) is 40.2 Å². The van der Waals surface area contributed by atoms with Gasteiger partial charge < -0.3 is 5.32 Å². The van der Waals surface area contributed by atoms with E-state index >= 15 is 0 Å². The van der Waals surface area contributed by atoms with Crippen LogP contribution in [0.4, 0.5) is 13.2 Å². The quantitative estimate of drug-likeness (QED) is 0.800. The lowest BCUT2D eigenvalue weighted by Crippen LogP contribution is -2.72. The number of hydrogen-bond donors (Lipinski definition) is 1. The maximum atomic E-state index is 14.0. The number of fused-ring (bicyclic) bond motifs is 2. The Kier molecular flexibility index (Phi) is 4.29. The lowest BCUT2D eigenvalue weighted by molar-refractivity contribution is -0.137. The number of nitrogens with zero attached hydrogens (tertiary/aromatic N) is 2. The number of hydrogen-bond acceptors (Lipinski definition) is 4. The van der Waals surface area contributed by atoms with E-state index < -0.39 is 17.3 Å². The number of alkyl halides is 3. The van der Waals surface area contributed by atoms with Crippen LogP contribution in [0.2, 0.25) is 0 Å².